The molecule has 1 heterocycles. The molecule has 5 nitrogen and oxygen atoms in total. The molecule has 0 saturated heterocycles. The molecule has 0 aromatic heterocycles. The highest BCUT2D eigenvalue weighted by atomic mass is 19.1. The van der Waals surface area contributed by atoms with Gasteiger partial charge in [-0.2, -0.15) is 5.26 Å². The van der Waals surface area contributed by atoms with Crippen molar-refractivity contribution in [2.45, 2.75) is 38.5 Å². The van der Waals surface area contributed by atoms with Crippen LogP contribution in [0.4, 0.5) is 4.39 Å². The zero-order valence-corrected chi connectivity index (χ0v) is 15.4. The first-order valence-corrected chi connectivity index (χ1v) is 8.76. The van der Waals surface area contributed by atoms with E-state index in [4.69, 9.17) is 4.74 Å². The van der Waals surface area contributed by atoms with Gasteiger partial charge in [-0.05, 0) is 63.2 Å². The molecule has 140 valence electrons. The second-order valence-corrected chi connectivity index (χ2v) is 7.06. The Labute approximate surface area is 157 Å². The molecule has 2 atom stereocenters. The molecule has 0 radical (unpaired) electrons. The average molecular weight is 368 g/mol. The van der Waals surface area contributed by atoms with E-state index in [9.17, 15) is 19.6 Å². The lowest BCUT2D eigenvalue weighted by Crippen LogP contribution is -2.54. The van der Waals surface area contributed by atoms with Crippen molar-refractivity contribution in [3.8, 4) is 11.8 Å². The van der Waals surface area contributed by atoms with Crippen molar-refractivity contribution in [3.63, 3.8) is 0 Å². The van der Waals surface area contributed by atoms with Crippen molar-refractivity contribution in [1.29, 1.82) is 5.26 Å². The maximum atomic E-state index is 13.2. The number of rotatable bonds is 3. The molecule has 2 aromatic carbocycles. The number of carbonyl (C=O) groups excluding carboxylic acids is 1. The fourth-order valence-electron chi connectivity index (χ4n) is 3.40. The molecular weight excluding hydrogens is 347 g/mol. The first kappa shape index (κ1) is 18.9. The third-order valence-corrected chi connectivity index (χ3v) is 4.87. The maximum absolute atomic E-state index is 13.2. The van der Waals surface area contributed by atoms with Crippen LogP contribution in [-0.2, 0) is 0 Å². The highest BCUT2D eigenvalue weighted by molar-refractivity contribution is 5.94. The number of benzene rings is 2. The van der Waals surface area contributed by atoms with Gasteiger partial charge in [0.25, 0.3) is 5.91 Å². The summed E-state index contributed by atoms with van der Waals surface area (Å²) in [4.78, 5) is 14.6. The number of hydrogen-bond donors (Lipinski definition) is 1. The predicted molar refractivity (Wildman–Crippen MR) is 97.7 cm³/mol. The summed E-state index contributed by atoms with van der Waals surface area (Å²) >= 11 is 0. The SMILES string of the molecule is CCN(C(=O)c1ccc(F)cc1)[C@H]1c2cc(C#N)ccc2OC(C)(C)[C@@H]1O. The van der Waals surface area contributed by atoms with E-state index >= 15 is 0 Å². The molecular formula is C21H21FN2O3. The summed E-state index contributed by atoms with van der Waals surface area (Å²) in [6.07, 6.45) is -1.01. The molecule has 0 fully saturated rings. The van der Waals surface area contributed by atoms with Crippen LogP contribution in [-0.4, -0.2) is 34.2 Å². The van der Waals surface area contributed by atoms with E-state index in [1.54, 1.807) is 32.0 Å². The molecule has 1 N–H and O–H groups in total. The molecule has 1 aliphatic rings. The molecule has 0 aliphatic carbocycles. The fourth-order valence-corrected chi connectivity index (χ4v) is 3.40. The number of hydrogen-bond acceptors (Lipinski definition) is 4. The van der Waals surface area contributed by atoms with Gasteiger partial charge in [-0.15, -0.1) is 0 Å². The quantitative estimate of drug-likeness (QED) is 0.901. The van der Waals surface area contributed by atoms with Crippen molar-refractivity contribution in [2.75, 3.05) is 6.54 Å². The van der Waals surface area contributed by atoms with Crippen LogP contribution in [0.15, 0.2) is 42.5 Å². The first-order valence-electron chi connectivity index (χ1n) is 8.76. The lowest BCUT2D eigenvalue weighted by molar-refractivity contribution is -0.0859. The Morgan fingerprint density at radius 1 is 1.30 bits per heavy atom. The van der Waals surface area contributed by atoms with Gasteiger partial charge < -0.3 is 14.7 Å². The summed E-state index contributed by atoms with van der Waals surface area (Å²) in [6.45, 7) is 5.64. The Kier molecular flexibility index (Phi) is 4.90. The summed E-state index contributed by atoms with van der Waals surface area (Å²) in [5, 5.41) is 20.2. The van der Waals surface area contributed by atoms with Gasteiger partial charge in [0.15, 0.2) is 0 Å². The zero-order chi connectivity index (χ0) is 19.8. The number of nitrogens with zero attached hydrogens (tertiary/aromatic N) is 2. The standard InChI is InChI=1S/C21H21FN2O3/c1-4-24(20(26)14-6-8-15(22)9-7-14)18-16-11-13(12-23)5-10-17(16)27-21(2,3)19(18)25/h5-11,18-19,25H,4H2,1-3H3/t18-,19+/m0/s1. The maximum Gasteiger partial charge on any atom is 0.254 e. The number of nitriles is 1. The summed E-state index contributed by atoms with van der Waals surface area (Å²) in [6, 6.07) is 11.6. The molecule has 1 aliphatic heterocycles. The average Bonchev–Trinajstić information content (AvgIpc) is 2.65. The number of carbonyl (C=O) groups is 1. The smallest absolute Gasteiger partial charge is 0.254 e. The van der Waals surface area contributed by atoms with E-state index < -0.39 is 23.6 Å². The fraction of sp³-hybridized carbons (Fsp3) is 0.333. The van der Waals surface area contributed by atoms with Gasteiger partial charge in [-0.1, -0.05) is 0 Å². The van der Waals surface area contributed by atoms with E-state index in [0.29, 0.717) is 29.0 Å². The number of fused-ring (bicyclic) bond motifs is 1. The summed E-state index contributed by atoms with van der Waals surface area (Å²) in [5.74, 6) is -0.224. The topological polar surface area (TPSA) is 73.6 Å². The molecule has 1 amide bonds. The van der Waals surface area contributed by atoms with Gasteiger partial charge in [0.2, 0.25) is 0 Å². The monoisotopic (exact) mass is 368 g/mol. The molecule has 0 unspecified atom stereocenters. The number of amides is 1. The highest BCUT2D eigenvalue weighted by Crippen LogP contribution is 2.43. The number of aliphatic hydroxyl groups excluding tert-OH is 1. The van der Waals surface area contributed by atoms with Crippen molar-refractivity contribution < 1.29 is 19.0 Å². The molecule has 27 heavy (non-hydrogen) atoms. The molecule has 6 heteroatoms. The van der Waals surface area contributed by atoms with Crippen molar-refractivity contribution in [3.05, 3.63) is 65.0 Å². The lowest BCUT2D eigenvalue weighted by atomic mass is 9.84. The van der Waals surface area contributed by atoms with E-state index in [2.05, 4.69) is 6.07 Å². The highest BCUT2D eigenvalue weighted by Gasteiger charge is 2.46. The van der Waals surface area contributed by atoms with Crippen LogP contribution in [0.3, 0.4) is 0 Å². The van der Waals surface area contributed by atoms with Crippen LogP contribution in [0.25, 0.3) is 0 Å². The molecule has 0 spiro atoms. The van der Waals surface area contributed by atoms with Crippen LogP contribution in [0.5, 0.6) is 5.75 Å². The van der Waals surface area contributed by atoms with Crippen LogP contribution in [0, 0.1) is 17.1 Å². The predicted octanol–water partition coefficient (Wildman–Crippen LogP) is 3.43. The molecule has 0 bridgehead atoms. The normalized spacial score (nSPS) is 20.1. The molecule has 2 aromatic rings. The number of halogens is 1. The Hall–Kier alpha value is -2.91. The summed E-state index contributed by atoms with van der Waals surface area (Å²) < 4.78 is 19.1. The third kappa shape index (κ3) is 3.38. The van der Waals surface area contributed by atoms with Crippen LogP contribution in [0.1, 0.15) is 48.3 Å². The van der Waals surface area contributed by atoms with E-state index in [-0.39, 0.29) is 5.91 Å². The summed E-state index contributed by atoms with van der Waals surface area (Å²) in [7, 11) is 0. The minimum absolute atomic E-state index is 0.324. The van der Waals surface area contributed by atoms with E-state index in [0.717, 1.165) is 0 Å². The minimum Gasteiger partial charge on any atom is -0.485 e. The number of ether oxygens (including phenoxy) is 1. The number of aliphatic hydroxyl groups is 1. The van der Waals surface area contributed by atoms with Crippen molar-refractivity contribution in [2.24, 2.45) is 0 Å². The molecule has 3 rings (SSSR count). The van der Waals surface area contributed by atoms with E-state index in [1.807, 2.05) is 6.92 Å². The van der Waals surface area contributed by atoms with Gasteiger partial charge in [-0.25, -0.2) is 4.39 Å². The Morgan fingerprint density at radius 3 is 2.56 bits per heavy atom. The summed E-state index contributed by atoms with van der Waals surface area (Å²) in [5.41, 5.74) is 0.396. The van der Waals surface area contributed by atoms with Gasteiger partial charge in [0.1, 0.15) is 23.3 Å². The van der Waals surface area contributed by atoms with Gasteiger partial charge >= 0.3 is 0 Å². The third-order valence-electron chi connectivity index (χ3n) is 4.87. The first-order chi connectivity index (χ1) is 12.8. The minimum atomic E-state index is -1.01. The Balaban J connectivity index is 2.10. The number of likely N-dealkylation sites (N-methyl/N-ethyl adjacent to an activating group) is 1. The van der Waals surface area contributed by atoms with Crippen molar-refractivity contribution >= 4 is 5.91 Å². The van der Waals surface area contributed by atoms with E-state index in [1.165, 1.54) is 29.2 Å². The molecule has 0 saturated carbocycles. The second kappa shape index (κ2) is 7.01. The van der Waals surface area contributed by atoms with Gasteiger partial charge in [0, 0.05) is 17.7 Å². The van der Waals surface area contributed by atoms with Crippen LogP contribution in [0.2, 0.25) is 0 Å². The lowest BCUT2D eigenvalue weighted by Gasteiger charge is -2.46. The zero-order valence-electron chi connectivity index (χ0n) is 15.4. The van der Waals surface area contributed by atoms with Crippen LogP contribution >= 0.6 is 0 Å². The van der Waals surface area contributed by atoms with Crippen LogP contribution < -0.4 is 4.74 Å². The van der Waals surface area contributed by atoms with Gasteiger partial charge in [0.05, 0.1) is 17.7 Å². The largest absolute Gasteiger partial charge is 0.485 e. The Morgan fingerprint density at radius 2 is 1.96 bits per heavy atom. The Bertz CT molecular complexity index is 903. The second-order valence-electron chi connectivity index (χ2n) is 7.06. The van der Waals surface area contributed by atoms with Gasteiger partial charge in [-0.3, -0.25) is 4.79 Å². The van der Waals surface area contributed by atoms with Crippen molar-refractivity contribution in [1.82, 2.24) is 4.90 Å².